The summed E-state index contributed by atoms with van der Waals surface area (Å²) in [6.45, 7) is 1.41. The molecule has 17 heavy (non-hydrogen) atoms. The Morgan fingerprint density at radius 3 is 2.94 bits per heavy atom. The highest BCUT2D eigenvalue weighted by Gasteiger charge is 2.19. The van der Waals surface area contributed by atoms with Gasteiger partial charge in [-0.15, -0.1) is 0 Å². The average Bonchev–Trinajstić information content (AvgIpc) is 2.59. The molecule has 0 N–H and O–H groups in total. The molecule has 0 fully saturated rings. The Morgan fingerprint density at radius 2 is 2.24 bits per heavy atom. The van der Waals surface area contributed by atoms with Gasteiger partial charge in [0.15, 0.2) is 0 Å². The standard InChI is InChI=1S/C12H15FNO2S/c1-17(15,16)8-2-6-14-7-5-10-9-11(13)3-4-12(10)14/h2-4,9H,5-8H2,1H3. The Bertz CT molecular complexity index is 513. The highest BCUT2D eigenvalue weighted by atomic mass is 32.2. The first-order valence-corrected chi connectivity index (χ1v) is 7.54. The van der Waals surface area contributed by atoms with Gasteiger partial charge in [-0.3, -0.25) is 0 Å². The van der Waals surface area contributed by atoms with E-state index in [4.69, 9.17) is 0 Å². The SMILES string of the molecule is CS(=O)(=O)C[CH]CN1CCc2cc(F)ccc21. The zero-order valence-electron chi connectivity index (χ0n) is 9.69. The van der Waals surface area contributed by atoms with Gasteiger partial charge < -0.3 is 4.90 Å². The zero-order chi connectivity index (χ0) is 12.5. The van der Waals surface area contributed by atoms with Crippen LogP contribution in [0.3, 0.4) is 0 Å². The molecule has 1 aliphatic rings. The topological polar surface area (TPSA) is 37.4 Å². The van der Waals surface area contributed by atoms with E-state index in [0.717, 1.165) is 24.2 Å². The highest BCUT2D eigenvalue weighted by Crippen LogP contribution is 2.28. The minimum Gasteiger partial charge on any atom is -0.371 e. The monoisotopic (exact) mass is 256 g/mol. The van der Waals surface area contributed by atoms with E-state index in [1.807, 2.05) is 0 Å². The van der Waals surface area contributed by atoms with E-state index < -0.39 is 9.84 Å². The molecule has 2 rings (SSSR count). The van der Waals surface area contributed by atoms with E-state index in [-0.39, 0.29) is 11.6 Å². The van der Waals surface area contributed by atoms with Crippen LogP contribution in [0.15, 0.2) is 18.2 Å². The number of fused-ring (bicyclic) bond motifs is 1. The number of hydrogen-bond acceptors (Lipinski definition) is 3. The van der Waals surface area contributed by atoms with Crippen LogP contribution in [0.1, 0.15) is 5.56 Å². The van der Waals surface area contributed by atoms with E-state index in [9.17, 15) is 12.8 Å². The van der Waals surface area contributed by atoms with Crippen LogP contribution in [0.2, 0.25) is 0 Å². The first-order valence-electron chi connectivity index (χ1n) is 5.48. The largest absolute Gasteiger partial charge is 0.371 e. The molecule has 3 nitrogen and oxygen atoms in total. The third kappa shape index (κ3) is 3.19. The molecule has 1 aromatic carbocycles. The summed E-state index contributed by atoms with van der Waals surface area (Å²) in [4.78, 5) is 2.07. The van der Waals surface area contributed by atoms with Gasteiger partial charge in [-0.1, -0.05) is 0 Å². The minimum absolute atomic E-state index is 0.0834. The maximum absolute atomic E-state index is 13.0. The molecular weight excluding hydrogens is 241 g/mol. The Balaban J connectivity index is 1.98. The van der Waals surface area contributed by atoms with Crippen LogP contribution in [0.5, 0.6) is 0 Å². The van der Waals surface area contributed by atoms with Crippen molar-refractivity contribution in [3.63, 3.8) is 0 Å². The molecule has 93 valence electrons. The van der Waals surface area contributed by atoms with Crippen molar-refractivity contribution in [3.05, 3.63) is 36.0 Å². The predicted octanol–water partition coefficient (Wildman–Crippen LogP) is 1.44. The fourth-order valence-corrected chi connectivity index (χ4v) is 2.58. The molecule has 0 saturated carbocycles. The summed E-state index contributed by atoms with van der Waals surface area (Å²) in [6, 6.07) is 4.74. The van der Waals surface area contributed by atoms with Crippen molar-refractivity contribution in [2.75, 3.05) is 30.0 Å². The van der Waals surface area contributed by atoms with Crippen LogP contribution in [-0.4, -0.2) is 33.5 Å². The van der Waals surface area contributed by atoms with Gasteiger partial charge in [0.1, 0.15) is 15.7 Å². The third-order valence-corrected chi connectivity index (χ3v) is 3.64. The van der Waals surface area contributed by atoms with Gasteiger partial charge in [0.25, 0.3) is 0 Å². The van der Waals surface area contributed by atoms with E-state index in [1.54, 1.807) is 18.6 Å². The van der Waals surface area contributed by atoms with E-state index in [2.05, 4.69) is 4.90 Å². The summed E-state index contributed by atoms with van der Waals surface area (Å²) in [5.74, 6) is -0.134. The van der Waals surface area contributed by atoms with E-state index in [1.165, 1.54) is 12.3 Å². The summed E-state index contributed by atoms with van der Waals surface area (Å²) in [5.41, 5.74) is 2.01. The molecule has 0 bridgehead atoms. The molecule has 1 heterocycles. The van der Waals surface area contributed by atoms with Crippen molar-refractivity contribution in [1.29, 1.82) is 0 Å². The molecule has 0 aliphatic carbocycles. The lowest BCUT2D eigenvalue weighted by Gasteiger charge is -2.18. The van der Waals surface area contributed by atoms with Crippen LogP contribution in [0.4, 0.5) is 10.1 Å². The van der Waals surface area contributed by atoms with Gasteiger partial charge in [0.2, 0.25) is 0 Å². The van der Waals surface area contributed by atoms with Gasteiger partial charge in [0, 0.05) is 25.0 Å². The first kappa shape index (κ1) is 12.4. The summed E-state index contributed by atoms with van der Waals surface area (Å²) in [7, 11) is -2.94. The van der Waals surface area contributed by atoms with Crippen molar-refractivity contribution in [2.24, 2.45) is 0 Å². The van der Waals surface area contributed by atoms with Crippen LogP contribution >= 0.6 is 0 Å². The molecule has 0 aromatic heterocycles. The van der Waals surface area contributed by atoms with Gasteiger partial charge in [-0.05, 0) is 36.6 Å². The zero-order valence-corrected chi connectivity index (χ0v) is 10.5. The molecule has 0 unspecified atom stereocenters. The number of benzene rings is 1. The highest BCUT2D eigenvalue weighted by molar-refractivity contribution is 7.90. The second kappa shape index (κ2) is 4.64. The molecule has 5 heteroatoms. The smallest absolute Gasteiger partial charge is 0.147 e. The molecular formula is C12H15FNO2S. The number of halogens is 1. The Labute approximate surface area is 101 Å². The Kier molecular flexibility index (Phi) is 3.38. The molecule has 0 spiro atoms. The summed E-state index contributed by atoms with van der Waals surface area (Å²) < 4.78 is 35.0. The van der Waals surface area contributed by atoms with Crippen LogP contribution in [-0.2, 0) is 16.3 Å². The normalized spacial score (nSPS) is 15.1. The van der Waals surface area contributed by atoms with Gasteiger partial charge >= 0.3 is 0 Å². The van der Waals surface area contributed by atoms with Crippen molar-refractivity contribution in [3.8, 4) is 0 Å². The minimum atomic E-state index is -2.94. The number of anilines is 1. The van der Waals surface area contributed by atoms with Crippen LogP contribution < -0.4 is 4.90 Å². The lowest BCUT2D eigenvalue weighted by molar-refractivity contribution is 0.603. The van der Waals surface area contributed by atoms with E-state index >= 15 is 0 Å². The molecule has 1 radical (unpaired) electrons. The van der Waals surface area contributed by atoms with Crippen molar-refractivity contribution in [1.82, 2.24) is 0 Å². The van der Waals surface area contributed by atoms with Gasteiger partial charge in [-0.2, -0.15) is 0 Å². The first-order chi connectivity index (χ1) is 7.96. The molecule has 0 amide bonds. The van der Waals surface area contributed by atoms with Crippen molar-refractivity contribution in [2.45, 2.75) is 6.42 Å². The number of hydrogen-bond donors (Lipinski definition) is 0. The molecule has 1 aliphatic heterocycles. The third-order valence-electron chi connectivity index (χ3n) is 2.80. The quantitative estimate of drug-likeness (QED) is 0.818. The fourth-order valence-electron chi connectivity index (χ4n) is 2.05. The summed E-state index contributed by atoms with van der Waals surface area (Å²) >= 11 is 0. The molecule has 1 aromatic rings. The van der Waals surface area contributed by atoms with Gasteiger partial charge in [0.05, 0.1) is 5.75 Å². The second-order valence-electron chi connectivity index (χ2n) is 4.35. The summed E-state index contributed by atoms with van der Waals surface area (Å²) in [6.07, 6.45) is 3.78. The molecule has 0 saturated heterocycles. The number of nitrogens with zero attached hydrogens (tertiary/aromatic N) is 1. The lowest BCUT2D eigenvalue weighted by Crippen LogP contribution is -2.24. The second-order valence-corrected chi connectivity index (χ2v) is 6.53. The van der Waals surface area contributed by atoms with Crippen LogP contribution in [0, 0.1) is 12.2 Å². The Hall–Kier alpha value is -1.10. The maximum Gasteiger partial charge on any atom is 0.147 e. The van der Waals surface area contributed by atoms with Gasteiger partial charge in [-0.25, -0.2) is 12.8 Å². The molecule has 0 atom stereocenters. The fraction of sp³-hybridized carbons (Fsp3) is 0.417. The van der Waals surface area contributed by atoms with Crippen molar-refractivity contribution < 1.29 is 12.8 Å². The summed E-state index contributed by atoms with van der Waals surface area (Å²) in [5, 5.41) is 0. The number of sulfone groups is 1. The predicted molar refractivity (Wildman–Crippen MR) is 66.3 cm³/mol. The Morgan fingerprint density at radius 1 is 1.47 bits per heavy atom. The maximum atomic E-state index is 13.0. The average molecular weight is 256 g/mol. The number of rotatable bonds is 4. The lowest BCUT2D eigenvalue weighted by atomic mass is 10.2. The van der Waals surface area contributed by atoms with E-state index in [0.29, 0.717) is 6.54 Å². The van der Waals surface area contributed by atoms with Crippen LogP contribution in [0.25, 0.3) is 0 Å². The van der Waals surface area contributed by atoms with Crippen molar-refractivity contribution >= 4 is 15.5 Å².